The van der Waals surface area contributed by atoms with E-state index in [0.29, 0.717) is 32.7 Å². The molecule has 0 aromatic heterocycles. The fourth-order valence-corrected chi connectivity index (χ4v) is 1.26. The second-order valence-electron chi connectivity index (χ2n) is 3.47. The molecule has 7 nitrogen and oxygen atoms in total. The molecule has 18 heavy (non-hydrogen) atoms. The molecule has 0 rings (SSSR count). The second kappa shape index (κ2) is 10.5. The number of rotatable bonds is 8. The quantitative estimate of drug-likeness (QED) is 0.347. The van der Waals surface area contributed by atoms with Crippen LogP contribution in [-0.2, 0) is 19.1 Å². The van der Waals surface area contributed by atoms with Crippen molar-refractivity contribution >= 4 is 11.8 Å². The third-order valence-electron chi connectivity index (χ3n) is 2.15. The first kappa shape index (κ1) is 16.4. The standard InChI is InChI=1S/C11H19N3O4/c1-17-8-3-6-14(7-9-18-2)11(16)10(15)13-5-4-12/h3,5-9H2,1-2H3,(H,13,15). The summed E-state index contributed by atoms with van der Waals surface area (Å²) in [5, 5.41) is 10.5. The molecule has 0 aliphatic rings. The lowest BCUT2D eigenvalue weighted by Gasteiger charge is -2.21. The van der Waals surface area contributed by atoms with Gasteiger partial charge in [0.25, 0.3) is 0 Å². The molecule has 0 aromatic carbocycles. The Balaban J connectivity index is 4.29. The number of amides is 2. The fraction of sp³-hybridized carbons (Fsp3) is 0.727. The lowest BCUT2D eigenvalue weighted by molar-refractivity contribution is -0.146. The van der Waals surface area contributed by atoms with Crippen molar-refractivity contribution in [2.75, 3.05) is 47.1 Å². The van der Waals surface area contributed by atoms with Crippen LogP contribution in [0, 0.1) is 11.3 Å². The van der Waals surface area contributed by atoms with Crippen LogP contribution < -0.4 is 5.32 Å². The Labute approximate surface area is 107 Å². The Hall–Kier alpha value is -1.65. The van der Waals surface area contributed by atoms with Gasteiger partial charge in [0.2, 0.25) is 0 Å². The van der Waals surface area contributed by atoms with Gasteiger partial charge in [0.05, 0.1) is 12.7 Å². The van der Waals surface area contributed by atoms with Crippen LogP contribution in [0.1, 0.15) is 6.42 Å². The Morgan fingerprint density at radius 2 is 1.89 bits per heavy atom. The summed E-state index contributed by atoms with van der Waals surface area (Å²) in [6.07, 6.45) is 0.636. The minimum atomic E-state index is -0.773. The van der Waals surface area contributed by atoms with E-state index in [0.717, 1.165) is 0 Å². The third-order valence-corrected chi connectivity index (χ3v) is 2.15. The zero-order chi connectivity index (χ0) is 13.8. The monoisotopic (exact) mass is 257 g/mol. The number of hydrogen-bond acceptors (Lipinski definition) is 5. The topological polar surface area (TPSA) is 91.7 Å². The third kappa shape index (κ3) is 6.83. The van der Waals surface area contributed by atoms with Gasteiger partial charge in [-0.3, -0.25) is 9.59 Å². The predicted octanol–water partition coefficient (Wildman–Crippen LogP) is -0.862. The summed E-state index contributed by atoms with van der Waals surface area (Å²) < 4.78 is 9.77. The average Bonchev–Trinajstić information content (AvgIpc) is 2.39. The van der Waals surface area contributed by atoms with Crippen LogP contribution in [0.25, 0.3) is 0 Å². The molecule has 2 amide bonds. The molecule has 0 heterocycles. The van der Waals surface area contributed by atoms with Crippen LogP contribution in [-0.4, -0.2) is 63.8 Å². The Morgan fingerprint density at radius 1 is 1.22 bits per heavy atom. The van der Waals surface area contributed by atoms with Crippen LogP contribution in [0.15, 0.2) is 0 Å². The maximum atomic E-state index is 11.8. The molecular weight excluding hydrogens is 238 g/mol. The van der Waals surface area contributed by atoms with Gasteiger partial charge in [-0.15, -0.1) is 0 Å². The molecule has 102 valence electrons. The summed E-state index contributed by atoms with van der Waals surface area (Å²) in [4.78, 5) is 24.6. The van der Waals surface area contributed by atoms with Crippen molar-refractivity contribution in [2.24, 2.45) is 0 Å². The summed E-state index contributed by atoms with van der Waals surface area (Å²) in [5.41, 5.74) is 0. The van der Waals surface area contributed by atoms with Crippen LogP contribution in [0.3, 0.4) is 0 Å². The van der Waals surface area contributed by atoms with Gasteiger partial charge >= 0.3 is 11.8 Å². The molecular formula is C11H19N3O4. The van der Waals surface area contributed by atoms with E-state index in [1.165, 1.54) is 12.0 Å². The van der Waals surface area contributed by atoms with Gasteiger partial charge in [0, 0.05) is 33.9 Å². The van der Waals surface area contributed by atoms with Crippen LogP contribution in [0.4, 0.5) is 0 Å². The molecule has 0 unspecified atom stereocenters. The number of methoxy groups -OCH3 is 2. The summed E-state index contributed by atoms with van der Waals surface area (Å²) in [6.45, 7) is 1.43. The number of carbonyl (C=O) groups is 2. The van der Waals surface area contributed by atoms with E-state index in [1.807, 2.05) is 0 Å². The Bertz CT molecular complexity index is 301. The molecule has 0 fully saturated rings. The molecule has 1 N–H and O–H groups in total. The molecule has 0 bridgehead atoms. The lowest BCUT2D eigenvalue weighted by Crippen LogP contribution is -2.45. The highest BCUT2D eigenvalue weighted by molar-refractivity contribution is 6.35. The first-order valence-corrected chi connectivity index (χ1v) is 5.59. The molecule has 0 spiro atoms. The number of nitrogens with one attached hydrogen (secondary N) is 1. The first-order chi connectivity index (χ1) is 8.67. The van der Waals surface area contributed by atoms with E-state index in [9.17, 15) is 9.59 Å². The maximum Gasteiger partial charge on any atom is 0.311 e. The van der Waals surface area contributed by atoms with Gasteiger partial charge in [-0.1, -0.05) is 0 Å². The molecule has 0 saturated heterocycles. The van der Waals surface area contributed by atoms with Gasteiger partial charge in [-0.05, 0) is 6.42 Å². The van der Waals surface area contributed by atoms with Crippen molar-refractivity contribution in [3.63, 3.8) is 0 Å². The first-order valence-electron chi connectivity index (χ1n) is 5.59. The minimum absolute atomic E-state index is 0.180. The summed E-state index contributed by atoms with van der Waals surface area (Å²) >= 11 is 0. The van der Waals surface area contributed by atoms with Crippen molar-refractivity contribution in [1.29, 1.82) is 5.26 Å². The molecule has 7 heteroatoms. The van der Waals surface area contributed by atoms with Crippen molar-refractivity contribution in [1.82, 2.24) is 10.2 Å². The zero-order valence-corrected chi connectivity index (χ0v) is 10.8. The molecule has 0 aliphatic carbocycles. The predicted molar refractivity (Wildman–Crippen MR) is 63.6 cm³/mol. The minimum Gasteiger partial charge on any atom is -0.385 e. The number of hydrogen-bond donors (Lipinski definition) is 1. The van der Waals surface area contributed by atoms with Gasteiger partial charge in [0.1, 0.15) is 6.54 Å². The van der Waals surface area contributed by atoms with Gasteiger partial charge in [-0.25, -0.2) is 0 Å². The normalized spacial score (nSPS) is 9.61. The highest BCUT2D eigenvalue weighted by atomic mass is 16.5. The summed E-state index contributed by atoms with van der Waals surface area (Å²) in [6, 6.07) is 1.74. The van der Waals surface area contributed by atoms with Gasteiger partial charge in [0.15, 0.2) is 0 Å². The molecule has 0 saturated carbocycles. The summed E-state index contributed by atoms with van der Waals surface area (Å²) in [5.74, 6) is -1.43. The number of nitrogens with zero attached hydrogens (tertiary/aromatic N) is 2. The highest BCUT2D eigenvalue weighted by Gasteiger charge is 2.20. The Kier molecular flexibility index (Phi) is 9.54. The second-order valence-corrected chi connectivity index (χ2v) is 3.47. The molecule has 0 radical (unpaired) electrons. The largest absolute Gasteiger partial charge is 0.385 e. The van der Waals surface area contributed by atoms with E-state index >= 15 is 0 Å². The average molecular weight is 257 g/mol. The molecule has 0 atom stereocenters. The van der Waals surface area contributed by atoms with E-state index in [1.54, 1.807) is 13.2 Å². The smallest absolute Gasteiger partial charge is 0.311 e. The van der Waals surface area contributed by atoms with Crippen molar-refractivity contribution in [3.8, 4) is 6.07 Å². The molecule has 0 aliphatic heterocycles. The van der Waals surface area contributed by atoms with E-state index in [2.05, 4.69) is 5.32 Å². The van der Waals surface area contributed by atoms with Crippen LogP contribution >= 0.6 is 0 Å². The van der Waals surface area contributed by atoms with E-state index < -0.39 is 11.8 Å². The number of ether oxygens (including phenoxy) is 2. The van der Waals surface area contributed by atoms with Crippen molar-refractivity contribution < 1.29 is 19.1 Å². The lowest BCUT2D eigenvalue weighted by atomic mass is 10.3. The Morgan fingerprint density at radius 3 is 2.44 bits per heavy atom. The fourth-order valence-electron chi connectivity index (χ4n) is 1.26. The zero-order valence-electron chi connectivity index (χ0n) is 10.8. The molecule has 0 aromatic rings. The number of nitriles is 1. The van der Waals surface area contributed by atoms with Gasteiger partial charge in [-0.2, -0.15) is 5.26 Å². The van der Waals surface area contributed by atoms with Gasteiger partial charge < -0.3 is 19.7 Å². The SMILES string of the molecule is COCCCN(CCOC)C(=O)C(=O)NCC#N. The van der Waals surface area contributed by atoms with Crippen LogP contribution in [0.2, 0.25) is 0 Å². The van der Waals surface area contributed by atoms with Crippen molar-refractivity contribution in [2.45, 2.75) is 6.42 Å². The maximum absolute atomic E-state index is 11.8. The van der Waals surface area contributed by atoms with E-state index in [-0.39, 0.29) is 6.54 Å². The van der Waals surface area contributed by atoms with E-state index in [4.69, 9.17) is 14.7 Å². The summed E-state index contributed by atoms with van der Waals surface area (Å²) in [7, 11) is 3.09. The highest BCUT2D eigenvalue weighted by Crippen LogP contribution is 1.94. The van der Waals surface area contributed by atoms with Crippen LogP contribution in [0.5, 0.6) is 0 Å². The number of carbonyl (C=O) groups excluding carboxylic acids is 2. The van der Waals surface area contributed by atoms with Crippen molar-refractivity contribution in [3.05, 3.63) is 0 Å².